The van der Waals surface area contributed by atoms with E-state index in [0.717, 1.165) is 29.1 Å². The minimum absolute atomic E-state index is 0.766. The van der Waals surface area contributed by atoms with Crippen LogP contribution in [-0.4, -0.2) is 18.6 Å². The Bertz CT molecular complexity index is 764. The van der Waals surface area contributed by atoms with Crippen molar-refractivity contribution in [2.24, 2.45) is 0 Å². The molecule has 0 spiro atoms. The van der Waals surface area contributed by atoms with Crippen LogP contribution in [0.4, 0.5) is 5.69 Å². The van der Waals surface area contributed by atoms with Crippen molar-refractivity contribution < 1.29 is 4.74 Å². The van der Waals surface area contributed by atoms with Crippen LogP contribution in [0, 0.1) is 0 Å². The van der Waals surface area contributed by atoms with Gasteiger partial charge in [0.2, 0.25) is 0 Å². The molecular weight excluding hydrogens is 280 g/mol. The summed E-state index contributed by atoms with van der Waals surface area (Å²) in [5.41, 5.74) is 5.11. The molecule has 21 heavy (non-hydrogen) atoms. The normalized spacial score (nSPS) is 11.1. The number of para-hydroxylation sites is 1. The van der Waals surface area contributed by atoms with E-state index in [1.807, 2.05) is 35.8 Å². The molecule has 0 unspecified atom stereocenters. The first-order valence-electron chi connectivity index (χ1n) is 6.73. The van der Waals surface area contributed by atoms with E-state index in [1.54, 1.807) is 18.4 Å². The fourth-order valence-electron chi connectivity index (χ4n) is 2.13. The second-order valence-corrected chi connectivity index (χ2v) is 5.45. The molecule has 0 aliphatic rings. The zero-order valence-electron chi connectivity index (χ0n) is 11.7. The van der Waals surface area contributed by atoms with Gasteiger partial charge >= 0.3 is 0 Å². The zero-order chi connectivity index (χ0) is 14.5. The monoisotopic (exact) mass is 296 g/mol. The number of nitrogens with zero attached hydrogens (tertiary/aromatic N) is 1. The molecule has 3 aromatic rings. The molecule has 0 fully saturated rings. The molecule has 106 valence electrons. The molecule has 3 rings (SSSR count). The molecule has 0 radical (unpaired) electrons. The molecule has 1 heterocycles. The Labute approximate surface area is 127 Å². The lowest BCUT2D eigenvalue weighted by atomic mass is 10.2. The van der Waals surface area contributed by atoms with Gasteiger partial charge in [0.15, 0.2) is 0 Å². The van der Waals surface area contributed by atoms with Crippen molar-refractivity contribution in [3.8, 4) is 5.75 Å². The number of hydrogen-bond donors (Lipinski definition) is 1. The van der Waals surface area contributed by atoms with Crippen LogP contribution in [0.2, 0.25) is 0 Å². The fourth-order valence-corrected chi connectivity index (χ4v) is 2.85. The number of methoxy groups -OCH3 is 1. The Morgan fingerprint density at radius 1 is 1.24 bits per heavy atom. The Morgan fingerprint density at radius 3 is 3.05 bits per heavy atom. The Balaban J connectivity index is 1.63. The van der Waals surface area contributed by atoms with Crippen molar-refractivity contribution in [1.29, 1.82) is 0 Å². The summed E-state index contributed by atoms with van der Waals surface area (Å²) >= 11 is 1.66. The second-order valence-electron chi connectivity index (χ2n) is 4.56. The molecule has 0 aliphatic heterocycles. The SMILES string of the molecule is COc1ccccc1/C=C/CNc1ccc2ncsc2c1. The largest absolute Gasteiger partial charge is 0.496 e. The van der Waals surface area contributed by atoms with E-state index in [2.05, 4.69) is 34.6 Å². The van der Waals surface area contributed by atoms with Gasteiger partial charge in [-0.3, -0.25) is 0 Å². The van der Waals surface area contributed by atoms with Gasteiger partial charge in [-0.25, -0.2) is 4.98 Å². The van der Waals surface area contributed by atoms with Crippen molar-refractivity contribution in [2.45, 2.75) is 0 Å². The van der Waals surface area contributed by atoms with Crippen LogP contribution in [0.25, 0.3) is 16.3 Å². The summed E-state index contributed by atoms with van der Waals surface area (Å²) in [5, 5.41) is 3.39. The summed E-state index contributed by atoms with van der Waals surface area (Å²) in [5.74, 6) is 0.889. The maximum Gasteiger partial charge on any atom is 0.126 e. The maximum absolute atomic E-state index is 5.32. The molecule has 1 N–H and O–H groups in total. The highest BCUT2D eigenvalue weighted by atomic mass is 32.1. The van der Waals surface area contributed by atoms with Crippen molar-refractivity contribution in [2.75, 3.05) is 19.0 Å². The van der Waals surface area contributed by atoms with Crippen LogP contribution >= 0.6 is 11.3 Å². The summed E-state index contributed by atoms with van der Waals surface area (Å²) in [6, 6.07) is 14.2. The number of thiazole rings is 1. The predicted octanol–water partition coefficient (Wildman–Crippen LogP) is 4.43. The first kappa shape index (κ1) is 13.6. The van der Waals surface area contributed by atoms with Gasteiger partial charge in [-0.05, 0) is 24.3 Å². The zero-order valence-corrected chi connectivity index (χ0v) is 12.6. The minimum atomic E-state index is 0.766. The summed E-state index contributed by atoms with van der Waals surface area (Å²) in [4.78, 5) is 4.28. The van der Waals surface area contributed by atoms with E-state index in [9.17, 15) is 0 Å². The molecule has 3 nitrogen and oxygen atoms in total. The highest BCUT2D eigenvalue weighted by Gasteiger charge is 1.98. The summed E-state index contributed by atoms with van der Waals surface area (Å²) in [6.45, 7) is 0.766. The molecule has 2 aromatic carbocycles. The lowest BCUT2D eigenvalue weighted by Gasteiger charge is -2.05. The molecule has 1 aromatic heterocycles. The average Bonchev–Trinajstić information content (AvgIpc) is 2.99. The fraction of sp³-hybridized carbons (Fsp3) is 0.118. The molecule has 0 saturated carbocycles. The summed E-state index contributed by atoms with van der Waals surface area (Å²) in [6.07, 6.45) is 4.16. The van der Waals surface area contributed by atoms with E-state index in [4.69, 9.17) is 4.74 Å². The van der Waals surface area contributed by atoms with Crippen LogP contribution in [0.1, 0.15) is 5.56 Å². The Hall–Kier alpha value is -2.33. The van der Waals surface area contributed by atoms with E-state index >= 15 is 0 Å². The van der Waals surface area contributed by atoms with Gasteiger partial charge in [-0.1, -0.05) is 30.4 Å². The van der Waals surface area contributed by atoms with Crippen LogP contribution in [0.5, 0.6) is 5.75 Å². The van der Waals surface area contributed by atoms with Crippen molar-refractivity contribution in [1.82, 2.24) is 4.98 Å². The van der Waals surface area contributed by atoms with E-state index < -0.39 is 0 Å². The molecule has 0 bridgehead atoms. The molecule has 0 saturated heterocycles. The lowest BCUT2D eigenvalue weighted by Crippen LogP contribution is -1.97. The summed E-state index contributed by atoms with van der Waals surface area (Å²) in [7, 11) is 1.69. The number of ether oxygens (including phenoxy) is 1. The van der Waals surface area contributed by atoms with E-state index in [1.165, 1.54) is 4.70 Å². The van der Waals surface area contributed by atoms with Crippen LogP contribution in [0.3, 0.4) is 0 Å². The van der Waals surface area contributed by atoms with E-state index in [-0.39, 0.29) is 0 Å². The van der Waals surface area contributed by atoms with Crippen LogP contribution in [-0.2, 0) is 0 Å². The number of nitrogens with one attached hydrogen (secondary N) is 1. The van der Waals surface area contributed by atoms with Crippen LogP contribution < -0.4 is 10.1 Å². The molecule has 0 aliphatic carbocycles. The van der Waals surface area contributed by atoms with Crippen LogP contribution in [0.15, 0.2) is 54.1 Å². The van der Waals surface area contributed by atoms with Gasteiger partial charge in [-0.2, -0.15) is 0 Å². The third-order valence-electron chi connectivity index (χ3n) is 3.19. The van der Waals surface area contributed by atoms with Gasteiger partial charge in [-0.15, -0.1) is 11.3 Å². The third-order valence-corrected chi connectivity index (χ3v) is 3.98. The predicted molar refractivity (Wildman–Crippen MR) is 90.1 cm³/mol. The van der Waals surface area contributed by atoms with Gasteiger partial charge in [0.05, 0.1) is 22.8 Å². The van der Waals surface area contributed by atoms with E-state index in [0.29, 0.717) is 0 Å². The third kappa shape index (κ3) is 3.23. The van der Waals surface area contributed by atoms with Gasteiger partial charge in [0.25, 0.3) is 0 Å². The number of benzene rings is 2. The van der Waals surface area contributed by atoms with Crippen molar-refractivity contribution in [3.05, 3.63) is 59.6 Å². The van der Waals surface area contributed by atoms with Gasteiger partial charge in [0.1, 0.15) is 5.75 Å². The average molecular weight is 296 g/mol. The number of aromatic nitrogens is 1. The Kier molecular flexibility index (Phi) is 4.17. The molecular formula is C17H16N2OS. The quantitative estimate of drug-likeness (QED) is 0.756. The van der Waals surface area contributed by atoms with Crippen molar-refractivity contribution >= 4 is 33.3 Å². The maximum atomic E-state index is 5.32. The minimum Gasteiger partial charge on any atom is -0.496 e. The number of fused-ring (bicyclic) bond motifs is 1. The number of rotatable bonds is 5. The van der Waals surface area contributed by atoms with Gasteiger partial charge in [0, 0.05) is 17.8 Å². The smallest absolute Gasteiger partial charge is 0.126 e. The number of hydrogen-bond acceptors (Lipinski definition) is 4. The standard InChI is InChI=1S/C17H16N2OS/c1-20-16-7-3-2-5-13(16)6-4-10-18-14-8-9-15-17(11-14)21-12-19-15/h2-9,11-12,18H,10H2,1H3/b6-4+. The van der Waals surface area contributed by atoms with Crippen molar-refractivity contribution in [3.63, 3.8) is 0 Å². The topological polar surface area (TPSA) is 34.1 Å². The molecule has 0 atom stereocenters. The first-order chi connectivity index (χ1) is 10.4. The molecule has 4 heteroatoms. The number of anilines is 1. The first-order valence-corrected chi connectivity index (χ1v) is 7.61. The highest BCUT2D eigenvalue weighted by Crippen LogP contribution is 2.22. The lowest BCUT2D eigenvalue weighted by molar-refractivity contribution is 0.414. The molecule has 0 amide bonds. The Morgan fingerprint density at radius 2 is 2.14 bits per heavy atom. The highest BCUT2D eigenvalue weighted by molar-refractivity contribution is 7.16. The van der Waals surface area contributed by atoms with Gasteiger partial charge < -0.3 is 10.1 Å². The summed E-state index contributed by atoms with van der Waals surface area (Å²) < 4.78 is 6.53. The second kappa shape index (κ2) is 6.41.